The molecule has 1 atom stereocenters. The van der Waals surface area contributed by atoms with Crippen molar-refractivity contribution in [2.75, 3.05) is 0 Å². The highest BCUT2D eigenvalue weighted by Crippen LogP contribution is 2.26. The lowest BCUT2D eigenvalue weighted by atomic mass is 10.0. The zero-order chi connectivity index (χ0) is 22.0. The molecule has 0 saturated heterocycles. The summed E-state index contributed by atoms with van der Waals surface area (Å²) in [7, 11) is 0. The molecule has 4 rings (SSSR count). The van der Waals surface area contributed by atoms with Crippen molar-refractivity contribution in [2.24, 2.45) is 0 Å². The van der Waals surface area contributed by atoms with Crippen LogP contribution in [0.15, 0.2) is 53.3 Å². The summed E-state index contributed by atoms with van der Waals surface area (Å²) in [5.74, 6) is 0. The van der Waals surface area contributed by atoms with Gasteiger partial charge in [-0.3, -0.25) is 4.79 Å². The van der Waals surface area contributed by atoms with Crippen LogP contribution < -0.4 is 10.9 Å². The number of pyridine rings is 1. The average Bonchev–Trinajstić information content (AvgIpc) is 3.30. The molecule has 1 saturated carbocycles. The van der Waals surface area contributed by atoms with Gasteiger partial charge in [0.25, 0.3) is 5.56 Å². The van der Waals surface area contributed by atoms with Gasteiger partial charge < -0.3 is 15.2 Å². The molecule has 4 nitrogen and oxygen atoms in total. The molecule has 5 heteroatoms. The van der Waals surface area contributed by atoms with Gasteiger partial charge in [-0.2, -0.15) is 0 Å². The summed E-state index contributed by atoms with van der Waals surface area (Å²) in [4.78, 5) is 18.3. The number of benzene rings is 2. The minimum Gasteiger partial charge on any atom is -0.356 e. The van der Waals surface area contributed by atoms with Crippen LogP contribution in [0.25, 0.3) is 10.9 Å². The van der Waals surface area contributed by atoms with Gasteiger partial charge in [0.2, 0.25) is 0 Å². The number of aryl methyl sites for hydroxylation is 2. The lowest BCUT2D eigenvalue weighted by molar-refractivity contribution is 0.300. The number of nitrogens with zero attached hydrogens (tertiary/aromatic N) is 1. The molecule has 1 aliphatic carbocycles. The molecule has 0 unspecified atom stereocenters. The van der Waals surface area contributed by atoms with Crippen molar-refractivity contribution in [1.29, 1.82) is 0 Å². The molecule has 0 amide bonds. The number of hydrogen-bond acceptors (Lipinski definition) is 2. The smallest absolute Gasteiger partial charge is 0.253 e. The molecule has 2 aromatic carbocycles. The predicted molar refractivity (Wildman–Crippen MR) is 132 cm³/mol. The van der Waals surface area contributed by atoms with Crippen molar-refractivity contribution >= 4 is 28.2 Å². The standard InChI is InChI=1S/C26H31N3OS/c1-17-13-14-21-15-22(25(30)28-24(21)18(17)2)16-29(23-11-7-8-12-23)26(31)27-19(3)20-9-5-4-6-10-20/h4-6,9-10,13-15,19,23H,7-8,11-12,16H2,1-3H3,(H,27,31)(H,28,30)/t19-/m1/s1. The fourth-order valence-corrected chi connectivity index (χ4v) is 4.94. The molecule has 1 fully saturated rings. The monoisotopic (exact) mass is 433 g/mol. The Morgan fingerprint density at radius 1 is 1.16 bits per heavy atom. The van der Waals surface area contributed by atoms with E-state index in [2.05, 4.69) is 60.2 Å². The second-order valence-corrected chi connectivity index (χ2v) is 9.13. The first-order valence-electron chi connectivity index (χ1n) is 11.2. The van der Waals surface area contributed by atoms with Gasteiger partial charge in [0, 0.05) is 11.6 Å². The van der Waals surface area contributed by atoms with Gasteiger partial charge >= 0.3 is 0 Å². The quantitative estimate of drug-likeness (QED) is 0.520. The molecular weight excluding hydrogens is 402 g/mol. The largest absolute Gasteiger partial charge is 0.356 e. The van der Waals surface area contributed by atoms with Crippen molar-refractivity contribution in [3.8, 4) is 0 Å². The molecule has 1 aliphatic rings. The summed E-state index contributed by atoms with van der Waals surface area (Å²) in [6.07, 6.45) is 4.66. The minimum atomic E-state index is -0.0249. The van der Waals surface area contributed by atoms with Gasteiger partial charge in [-0.05, 0) is 74.0 Å². The second-order valence-electron chi connectivity index (χ2n) is 8.74. The average molecular weight is 434 g/mol. The summed E-state index contributed by atoms with van der Waals surface area (Å²) >= 11 is 5.87. The maximum absolute atomic E-state index is 13.0. The van der Waals surface area contributed by atoms with Crippen molar-refractivity contribution < 1.29 is 0 Å². The third-order valence-electron chi connectivity index (χ3n) is 6.63. The molecular formula is C26H31N3OS. The lowest BCUT2D eigenvalue weighted by Gasteiger charge is -2.33. The molecule has 0 aliphatic heterocycles. The van der Waals surface area contributed by atoms with Gasteiger partial charge in [0.05, 0.1) is 18.1 Å². The summed E-state index contributed by atoms with van der Waals surface area (Å²) < 4.78 is 0. The van der Waals surface area contributed by atoms with E-state index in [0.29, 0.717) is 12.6 Å². The van der Waals surface area contributed by atoms with Crippen LogP contribution in [0.5, 0.6) is 0 Å². The zero-order valence-corrected chi connectivity index (χ0v) is 19.4. The molecule has 31 heavy (non-hydrogen) atoms. The van der Waals surface area contributed by atoms with E-state index in [1.807, 2.05) is 24.3 Å². The second kappa shape index (κ2) is 9.23. The first-order chi connectivity index (χ1) is 14.9. The lowest BCUT2D eigenvalue weighted by Crippen LogP contribution is -2.46. The Bertz CT molecular complexity index is 1130. The molecule has 3 aromatic rings. The molecule has 1 heterocycles. The number of H-pyrrole nitrogens is 1. The fraction of sp³-hybridized carbons (Fsp3) is 0.385. The van der Waals surface area contributed by atoms with E-state index >= 15 is 0 Å². The van der Waals surface area contributed by atoms with Crippen LogP contribution in [0.4, 0.5) is 0 Å². The van der Waals surface area contributed by atoms with Crippen molar-refractivity contribution in [1.82, 2.24) is 15.2 Å². The van der Waals surface area contributed by atoms with Crippen LogP contribution in [0, 0.1) is 13.8 Å². The number of hydrogen-bond donors (Lipinski definition) is 2. The fourth-order valence-electron chi connectivity index (χ4n) is 4.55. The number of rotatable bonds is 5. The predicted octanol–water partition coefficient (Wildman–Crippen LogP) is 5.53. The summed E-state index contributed by atoms with van der Waals surface area (Å²) in [6, 6.07) is 17.0. The highest BCUT2D eigenvalue weighted by molar-refractivity contribution is 7.80. The highest BCUT2D eigenvalue weighted by atomic mass is 32.1. The Morgan fingerprint density at radius 3 is 2.58 bits per heavy atom. The number of nitrogens with one attached hydrogen (secondary N) is 2. The maximum Gasteiger partial charge on any atom is 0.253 e. The normalized spacial score (nSPS) is 15.2. The van der Waals surface area contributed by atoms with Crippen molar-refractivity contribution in [3.63, 3.8) is 0 Å². The summed E-state index contributed by atoms with van der Waals surface area (Å²) in [5.41, 5.74) is 5.18. The summed E-state index contributed by atoms with van der Waals surface area (Å²) in [6.45, 7) is 6.78. The van der Waals surface area contributed by atoms with E-state index < -0.39 is 0 Å². The topological polar surface area (TPSA) is 48.1 Å². The van der Waals surface area contributed by atoms with Crippen LogP contribution in [0.1, 0.15) is 60.9 Å². The SMILES string of the molecule is Cc1ccc2cc(CN(C(=S)N[C@H](C)c3ccccc3)C3CCCC3)c(=O)[nH]c2c1C. The van der Waals surface area contributed by atoms with Gasteiger partial charge in [-0.25, -0.2) is 0 Å². The Morgan fingerprint density at radius 2 is 1.87 bits per heavy atom. The minimum absolute atomic E-state index is 0.0249. The van der Waals surface area contributed by atoms with E-state index in [0.717, 1.165) is 40.0 Å². The van der Waals surface area contributed by atoms with Crippen LogP contribution in [-0.4, -0.2) is 21.0 Å². The third kappa shape index (κ3) is 4.67. The molecule has 1 aromatic heterocycles. The van der Waals surface area contributed by atoms with E-state index in [1.165, 1.54) is 24.0 Å². The number of thiocarbonyl (C=S) groups is 1. The molecule has 2 N–H and O–H groups in total. The number of aromatic nitrogens is 1. The molecule has 0 spiro atoms. The third-order valence-corrected chi connectivity index (χ3v) is 6.99. The Labute approximate surface area is 189 Å². The Hall–Kier alpha value is -2.66. The van der Waals surface area contributed by atoms with E-state index in [9.17, 15) is 4.79 Å². The number of aromatic amines is 1. The van der Waals surface area contributed by atoms with E-state index in [-0.39, 0.29) is 11.6 Å². The maximum atomic E-state index is 13.0. The van der Waals surface area contributed by atoms with Crippen LogP contribution in [0.2, 0.25) is 0 Å². The van der Waals surface area contributed by atoms with Gasteiger partial charge in [-0.1, -0.05) is 55.3 Å². The van der Waals surface area contributed by atoms with Crippen LogP contribution in [0.3, 0.4) is 0 Å². The van der Waals surface area contributed by atoms with Crippen LogP contribution in [-0.2, 0) is 6.54 Å². The first kappa shape index (κ1) is 21.6. The van der Waals surface area contributed by atoms with E-state index in [4.69, 9.17) is 12.2 Å². The highest BCUT2D eigenvalue weighted by Gasteiger charge is 2.26. The Kier molecular flexibility index (Phi) is 6.42. The summed E-state index contributed by atoms with van der Waals surface area (Å²) in [5, 5.41) is 5.31. The number of fused-ring (bicyclic) bond motifs is 1. The molecule has 0 radical (unpaired) electrons. The van der Waals surface area contributed by atoms with Crippen molar-refractivity contribution in [3.05, 3.63) is 81.1 Å². The van der Waals surface area contributed by atoms with Gasteiger partial charge in [-0.15, -0.1) is 0 Å². The first-order valence-corrected chi connectivity index (χ1v) is 11.6. The Balaban J connectivity index is 1.61. The van der Waals surface area contributed by atoms with Gasteiger partial charge in [0.1, 0.15) is 0 Å². The zero-order valence-electron chi connectivity index (χ0n) is 18.6. The van der Waals surface area contributed by atoms with E-state index in [1.54, 1.807) is 0 Å². The van der Waals surface area contributed by atoms with Crippen molar-refractivity contribution in [2.45, 2.75) is 65.1 Å². The molecule has 162 valence electrons. The van der Waals surface area contributed by atoms with Crippen LogP contribution >= 0.6 is 12.2 Å². The molecule has 0 bridgehead atoms. The van der Waals surface area contributed by atoms with Gasteiger partial charge in [0.15, 0.2) is 5.11 Å².